The number of nitrogens with zero attached hydrogens (tertiary/aromatic N) is 5. The van der Waals surface area contributed by atoms with E-state index in [1.165, 1.54) is 17.5 Å². The van der Waals surface area contributed by atoms with Gasteiger partial charge >= 0.3 is 0 Å². The monoisotopic (exact) mass is 427 g/mol. The Morgan fingerprint density at radius 3 is 2.61 bits per heavy atom. The molecule has 0 saturated carbocycles. The van der Waals surface area contributed by atoms with Crippen LogP contribution < -0.4 is 9.64 Å². The van der Waals surface area contributed by atoms with Crippen molar-refractivity contribution in [3.63, 3.8) is 0 Å². The van der Waals surface area contributed by atoms with E-state index in [9.17, 15) is 4.79 Å². The number of methoxy groups -OCH3 is 1. The molecule has 3 heterocycles. The van der Waals surface area contributed by atoms with Gasteiger partial charge in [-0.05, 0) is 36.4 Å². The molecule has 5 rings (SSSR count). The van der Waals surface area contributed by atoms with Crippen LogP contribution in [0.1, 0.15) is 16.2 Å². The highest BCUT2D eigenvalue weighted by molar-refractivity contribution is 7.22. The first-order chi connectivity index (χ1) is 15.2. The molecule has 152 valence electrons. The smallest absolute Gasteiger partial charge is 0.280 e. The number of amides is 1. The Balaban J connectivity index is 1.60. The predicted octanol–water partition coefficient (Wildman–Crippen LogP) is 4.49. The second kappa shape index (κ2) is 8.08. The SMILES string of the molecule is COc1cccc2sc(N(Cc3ccccn3)C(=O)c3cnc4ccccc4n3)nc12. The van der Waals surface area contributed by atoms with Gasteiger partial charge in [-0.2, -0.15) is 0 Å². The molecule has 7 nitrogen and oxygen atoms in total. The van der Waals surface area contributed by atoms with Crippen LogP contribution in [0.3, 0.4) is 0 Å². The summed E-state index contributed by atoms with van der Waals surface area (Å²) < 4.78 is 6.37. The molecule has 31 heavy (non-hydrogen) atoms. The fraction of sp³-hybridized carbons (Fsp3) is 0.0870. The van der Waals surface area contributed by atoms with E-state index >= 15 is 0 Å². The summed E-state index contributed by atoms with van der Waals surface area (Å²) in [5, 5.41) is 0.546. The summed E-state index contributed by atoms with van der Waals surface area (Å²) in [5.74, 6) is 0.373. The number of thiazole rings is 1. The highest BCUT2D eigenvalue weighted by Crippen LogP contribution is 2.35. The number of benzene rings is 2. The van der Waals surface area contributed by atoms with Crippen LogP contribution in [0.2, 0.25) is 0 Å². The predicted molar refractivity (Wildman–Crippen MR) is 120 cm³/mol. The Labute approximate surface area is 182 Å². The standard InChI is InChI=1S/C23H17N5O2S/c1-30-19-10-6-11-20-21(19)27-23(31-20)28(14-15-7-4-5-12-24-15)22(29)18-13-25-16-8-2-3-9-17(16)26-18/h2-13H,14H2,1H3. The number of anilines is 1. The number of carbonyl (C=O) groups excluding carboxylic acids is 1. The summed E-state index contributed by atoms with van der Waals surface area (Å²) in [6, 6.07) is 18.8. The lowest BCUT2D eigenvalue weighted by atomic mass is 10.2. The maximum Gasteiger partial charge on any atom is 0.280 e. The quantitative estimate of drug-likeness (QED) is 0.411. The average Bonchev–Trinajstić information content (AvgIpc) is 3.26. The molecule has 0 aliphatic carbocycles. The molecule has 8 heteroatoms. The maximum absolute atomic E-state index is 13.6. The molecular formula is C23H17N5O2S. The van der Waals surface area contributed by atoms with Gasteiger partial charge < -0.3 is 4.74 Å². The Kier molecular flexibility index (Phi) is 4.97. The van der Waals surface area contributed by atoms with Crippen LogP contribution in [0.4, 0.5) is 5.13 Å². The highest BCUT2D eigenvalue weighted by atomic mass is 32.1. The van der Waals surface area contributed by atoms with Crippen molar-refractivity contribution in [2.24, 2.45) is 0 Å². The van der Waals surface area contributed by atoms with Crippen molar-refractivity contribution < 1.29 is 9.53 Å². The molecule has 2 aromatic carbocycles. The number of aromatic nitrogens is 4. The van der Waals surface area contributed by atoms with Crippen LogP contribution in [-0.4, -0.2) is 33.0 Å². The summed E-state index contributed by atoms with van der Waals surface area (Å²) in [7, 11) is 1.61. The lowest BCUT2D eigenvalue weighted by Gasteiger charge is -2.19. The van der Waals surface area contributed by atoms with Crippen molar-refractivity contribution >= 4 is 43.6 Å². The number of carbonyl (C=O) groups is 1. The van der Waals surface area contributed by atoms with Crippen molar-refractivity contribution in [3.05, 3.63) is 84.4 Å². The number of para-hydroxylation sites is 3. The van der Waals surface area contributed by atoms with Crippen LogP contribution in [0.15, 0.2) is 73.1 Å². The normalized spacial score (nSPS) is 11.0. The van der Waals surface area contributed by atoms with E-state index < -0.39 is 0 Å². The lowest BCUT2D eigenvalue weighted by molar-refractivity contribution is 0.0980. The molecular weight excluding hydrogens is 410 g/mol. The first-order valence-electron chi connectivity index (χ1n) is 9.60. The molecule has 5 aromatic rings. The van der Waals surface area contributed by atoms with Gasteiger partial charge in [0.15, 0.2) is 5.13 Å². The molecule has 0 atom stereocenters. The van der Waals surface area contributed by atoms with E-state index in [0.29, 0.717) is 21.9 Å². The van der Waals surface area contributed by atoms with Gasteiger partial charge in [0.1, 0.15) is 17.0 Å². The summed E-state index contributed by atoms with van der Waals surface area (Å²) in [5.41, 5.74) is 3.11. The van der Waals surface area contributed by atoms with Crippen LogP contribution in [0.5, 0.6) is 5.75 Å². The van der Waals surface area contributed by atoms with Gasteiger partial charge in [0, 0.05) is 6.20 Å². The third-order valence-electron chi connectivity index (χ3n) is 4.78. The Morgan fingerprint density at radius 2 is 1.81 bits per heavy atom. The van der Waals surface area contributed by atoms with Crippen molar-refractivity contribution in [1.82, 2.24) is 19.9 Å². The molecule has 0 spiro atoms. The molecule has 0 unspecified atom stereocenters. The minimum absolute atomic E-state index is 0.251. The summed E-state index contributed by atoms with van der Waals surface area (Å²) in [6.07, 6.45) is 3.21. The zero-order valence-electron chi connectivity index (χ0n) is 16.6. The van der Waals surface area contributed by atoms with E-state index in [2.05, 4.69) is 15.0 Å². The third kappa shape index (κ3) is 3.69. The number of ether oxygens (including phenoxy) is 1. The van der Waals surface area contributed by atoms with E-state index in [0.717, 1.165) is 15.9 Å². The molecule has 0 fully saturated rings. The van der Waals surface area contributed by atoms with Gasteiger partial charge in [-0.15, -0.1) is 0 Å². The minimum atomic E-state index is -0.290. The van der Waals surface area contributed by atoms with Crippen LogP contribution in [-0.2, 0) is 6.54 Å². The molecule has 3 aromatic heterocycles. The van der Waals surface area contributed by atoms with E-state index in [-0.39, 0.29) is 18.1 Å². The van der Waals surface area contributed by atoms with Gasteiger partial charge in [0.05, 0.1) is 41.3 Å². The summed E-state index contributed by atoms with van der Waals surface area (Å²) >= 11 is 1.42. The second-order valence-corrected chi connectivity index (χ2v) is 7.77. The first kappa shape index (κ1) is 19.1. The maximum atomic E-state index is 13.6. The first-order valence-corrected chi connectivity index (χ1v) is 10.4. The largest absolute Gasteiger partial charge is 0.494 e. The molecule has 0 aliphatic heterocycles. The van der Waals surface area contributed by atoms with Crippen LogP contribution >= 0.6 is 11.3 Å². The van der Waals surface area contributed by atoms with Crippen LogP contribution in [0, 0.1) is 0 Å². The topological polar surface area (TPSA) is 81.1 Å². The fourth-order valence-electron chi connectivity index (χ4n) is 3.27. The van der Waals surface area contributed by atoms with E-state index in [4.69, 9.17) is 9.72 Å². The second-order valence-electron chi connectivity index (χ2n) is 6.76. The summed E-state index contributed by atoms with van der Waals surface area (Å²) in [6.45, 7) is 0.260. The van der Waals surface area contributed by atoms with E-state index in [1.807, 2.05) is 60.7 Å². The van der Waals surface area contributed by atoms with Crippen LogP contribution in [0.25, 0.3) is 21.3 Å². The number of pyridine rings is 1. The fourth-order valence-corrected chi connectivity index (χ4v) is 4.25. The van der Waals surface area contributed by atoms with Gasteiger partial charge in [-0.1, -0.05) is 35.6 Å². The zero-order valence-corrected chi connectivity index (χ0v) is 17.4. The van der Waals surface area contributed by atoms with Gasteiger partial charge in [-0.25, -0.2) is 9.97 Å². The third-order valence-corrected chi connectivity index (χ3v) is 5.82. The lowest BCUT2D eigenvalue weighted by Crippen LogP contribution is -2.31. The van der Waals surface area contributed by atoms with Crippen molar-refractivity contribution in [1.29, 1.82) is 0 Å². The number of rotatable bonds is 5. The molecule has 0 radical (unpaired) electrons. The molecule has 0 bridgehead atoms. The van der Waals surface area contributed by atoms with Gasteiger partial charge in [0.2, 0.25) is 0 Å². The van der Waals surface area contributed by atoms with Crippen molar-refractivity contribution in [2.45, 2.75) is 6.54 Å². The van der Waals surface area contributed by atoms with E-state index in [1.54, 1.807) is 18.2 Å². The Morgan fingerprint density at radius 1 is 0.968 bits per heavy atom. The molecule has 1 amide bonds. The van der Waals surface area contributed by atoms with Gasteiger partial charge in [-0.3, -0.25) is 19.7 Å². The number of hydrogen-bond acceptors (Lipinski definition) is 7. The molecule has 0 saturated heterocycles. The minimum Gasteiger partial charge on any atom is -0.494 e. The zero-order chi connectivity index (χ0) is 21.2. The van der Waals surface area contributed by atoms with Gasteiger partial charge in [0.25, 0.3) is 5.91 Å². The Hall–Kier alpha value is -3.91. The van der Waals surface area contributed by atoms with Crippen molar-refractivity contribution in [2.75, 3.05) is 12.0 Å². The van der Waals surface area contributed by atoms with Crippen molar-refractivity contribution in [3.8, 4) is 5.75 Å². The molecule has 0 aliphatic rings. The molecule has 0 N–H and O–H groups in total. The summed E-state index contributed by atoms with van der Waals surface area (Å²) in [4.78, 5) is 33.2. The highest BCUT2D eigenvalue weighted by Gasteiger charge is 2.24. The Bertz CT molecular complexity index is 1390. The number of fused-ring (bicyclic) bond motifs is 2. The average molecular weight is 427 g/mol. The number of hydrogen-bond donors (Lipinski definition) is 0.